The highest BCUT2D eigenvalue weighted by atomic mass is 15.1. The fraction of sp³-hybridized carbons (Fsp3) is 0.438. The molecule has 100 valence electrons. The van der Waals surface area contributed by atoms with Crippen LogP contribution in [-0.2, 0) is 0 Å². The second-order valence-corrected chi connectivity index (χ2v) is 5.91. The first-order chi connectivity index (χ1) is 8.88. The third kappa shape index (κ3) is 2.24. The minimum atomic E-state index is -0.445. The number of aryl methyl sites for hydroxylation is 1. The zero-order valence-corrected chi connectivity index (χ0v) is 12.3. The van der Waals surface area contributed by atoms with Gasteiger partial charge in [0.25, 0.3) is 0 Å². The summed E-state index contributed by atoms with van der Waals surface area (Å²) < 4.78 is 0. The molecule has 1 N–H and O–H groups in total. The van der Waals surface area contributed by atoms with E-state index in [1.54, 1.807) is 0 Å². The van der Waals surface area contributed by atoms with Crippen molar-refractivity contribution in [2.24, 2.45) is 5.41 Å². The predicted molar refractivity (Wildman–Crippen MR) is 78.9 cm³/mol. The molecular formula is C16H21N3. The lowest BCUT2D eigenvalue weighted by Gasteiger charge is -2.34. The highest BCUT2D eigenvalue weighted by Crippen LogP contribution is 2.41. The molecule has 1 aromatic heterocycles. The molecule has 0 spiro atoms. The number of hydrogen-bond acceptors (Lipinski definition) is 2. The van der Waals surface area contributed by atoms with Crippen LogP contribution < -0.4 is 0 Å². The Hall–Kier alpha value is -1.79. The molecule has 2 aromatic rings. The van der Waals surface area contributed by atoms with Gasteiger partial charge in [-0.15, -0.1) is 0 Å². The van der Waals surface area contributed by atoms with Crippen LogP contribution in [0.25, 0.3) is 10.9 Å². The Bertz CT molecular complexity index is 629. The smallest absolute Gasteiger partial charge is 0.0715 e. The Balaban J connectivity index is 2.71. The molecule has 0 aliphatic rings. The van der Waals surface area contributed by atoms with E-state index in [2.05, 4.69) is 35.0 Å². The summed E-state index contributed by atoms with van der Waals surface area (Å²) in [4.78, 5) is 5.55. The minimum absolute atomic E-state index is 0.0636. The molecule has 1 heterocycles. The first kappa shape index (κ1) is 13.6. The molecule has 3 nitrogen and oxygen atoms in total. The number of nitrogens with one attached hydrogen (secondary N) is 1. The van der Waals surface area contributed by atoms with Gasteiger partial charge in [-0.1, -0.05) is 18.2 Å². The molecule has 0 saturated heterocycles. The fourth-order valence-corrected chi connectivity index (χ4v) is 2.98. The van der Waals surface area contributed by atoms with Gasteiger partial charge in [0, 0.05) is 16.6 Å². The Morgan fingerprint density at radius 2 is 1.89 bits per heavy atom. The van der Waals surface area contributed by atoms with Gasteiger partial charge in [-0.25, -0.2) is 0 Å². The van der Waals surface area contributed by atoms with Crippen LogP contribution in [0.4, 0.5) is 0 Å². The van der Waals surface area contributed by atoms with Gasteiger partial charge < -0.3 is 9.88 Å². The molecule has 0 radical (unpaired) electrons. The van der Waals surface area contributed by atoms with E-state index in [4.69, 9.17) is 0 Å². The Kier molecular flexibility index (Phi) is 3.38. The number of nitrogens with zero attached hydrogens (tertiary/aromatic N) is 2. The summed E-state index contributed by atoms with van der Waals surface area (Å²) in [5.74, 6) is 0. The molecule has 0 saturated carbocycles. The van der Waals surface area contributed by atoms with Crippen molar-refractivity contribution in [2.75, 3.05) is 14.1 Å². The number of nitriles is 1. The highest BCUT2D eigenvalue weighted by molar-refractivity contribution is 5.85. The van der Waals surface area contributed by atoms with Gasteiger partial charge >= 0.3 is 0 Å². The van der Waals surface area contributed by atoms with Crippen LogP contribution in [-0.4, -0.2) is 24.0 Å². The van der Waals surface area contributed by atoms with Crippen LogP contribution in [0.3, 0.4) is 0 Å². The van der Waals surface area contributed by atoms with Crippen molar-refractivity contribution < 1.29 is 0 Å². The minimum Gasteiger partial charge on any atom is -0.358 e. The molecule has 2 rings (SSSR count). The fourth-order valence-electron chi connectivity index (χ4n) is 2.98. The molecule has 0 aliphatic carbocycles. The predicted octanol–water partition coefficient (Wildman–Crippen LogP) is 3.63. The molecule has 0 amide bonds. The monoisotopic (exact) mass is 255 g/mol. The van der Waals surface area contributed by atoms with E-state index in [1.165, 1.54) is 10.9 Å². The first-order valence-corrected chi connectivity index (χ1v) is 6.53. The molecule has 1 atom stereocenters. The lowest BCUT2D eigenvalue weighted by Crippen LogP contribution is -2.32. The number of rotatable bonds is 3. The maximum absolute atomic E-state index is 9.49. The van der Waals surface area contributed by atoms with Crippen molar-refractivity contribution in [1.29, 1.82) is 5.26 Å². The van der Waals surface area contributed by atoms with E-state index < -0.39 is 5.41 Å². The van der Waals surface area contributed by atoms with Crippen molar-refractivity contribution in [3.63, 3.8) is 0 Å². The van der Waals surface area contributed by atoms with Gasteiger partial charge in [0.2, 0.25) is 0 Å². The lowest BCUT2D eigenvalue weighted by molar-refractivity contribution is 0.186. The van der Waals surface area contributed by atoms with Crippen LogP contribution in [0.5, 0.6) is 0 Å². The van der Waals surface area contributed by atoms with E-state index in [-0.39, 0.29) is 6.04 Å². The SMILES string of the molecule is Cc1[nH]c2ccccc2c1C(N(C)C)C(C)(C)C#N. The third-order valence-electron chi connectivity index (χ3n) is 3.70. The van der Waals surface area contributed by atoms with Crippen LogP contribution >= 0.6 is 0 Å². The summed E-state index contributed by atoms with van der Waals surface area (Å²) >= 11 is 0. The number of aromatic nitrogens is 1. The normalized spacial score (nSPS) is 13.7. The molecule has 0 fully saturated rings. The maximum atomic E-state index is 9.49. The third-order valence-corrected chi connectivity index (χ3v) is 3.70. The number of benzene rings is 1. The molecule has 1 aromatic carbocycles. The average Bonchev–Trinajstić information content (AvgIpc) is 2.66. The number of aromatic amines is 1. The summed E-state index contributed by atoms with van der Waals surface area (Å²) in [6.45, 7) is 6.08. The van der Waals surface area contributed by atoms with E-state index in [1.807, 2.05) is 40.1 Å². The molecule has 1 unspecified atom stereocenters. The zero-order chi connectivity index (χ0) is 14.2. The van der Waals surface area contributed by atoms with Crippen molar-refractivity contribution in [1.82, 2.24) is 9.88 Å². The van der Waals surface area contributed by atoms with Crippen molar-refractivity contribution in [3.05, 3.63) is 35.5 Å². The highest BCUT2D eigenvalue weighted by Gasteiger charge is 2.35. The van der Waals surface area contributed by atoms with Crippen molar-refractivity contribution in [3.8, 4) is 6.07 Å². The quantitative estimate of drug-likeness (QED) is 0.910. The Morgan fingerprint density at radius 1 is 1.26 bits per heavy atom. The van der Waals surface area contributed by atoms with Crippen LogP contribution in [0.15, 0.2) is 24.3 Å². The molecule has 3 heteroatoms. The summed E-state index contributed by atoms with van der Waals surface area (Å²) in [6, 6.07) is 10.8. The number of H-pyrrole nitrogens is 1. The standard InChI is InChI=1S/C16H21N3/c1-11-14(12-8-6-7-9-13(12)18-11)15(19(4)5)16(2,3)10-17/h6-9,15,18H,1-5H3. The van der Waals surface area contributed by atoms with Gasteiger partial charge in [0.15, 0.2) is 0 Å². The Morgan fingerprint density at radius 3 is 2.47 bits per heavy atom. The van der Waals surface area contributed by atoms with E-state index in [0.717, 1.165) is 11.2 Å². The summed E-state index contributed by atoms with van der Waals surface area (Å²) in [5, 5.41) is 10.7. The van der Waals surface area contributed by atoms with Crippen molar-refractivity contribution >= 4 is 10.9 Å². The second-order valence-electron chi connectivity index (χ2n) is 5.91. The summed E-state index contributed by atoms with van der Waals surface area (Å²) in [7, 11) is 4.07. The summed E-state index contributed by atoms with van der Waals surface area (Å²) in [5.41, 5.74) is 3.06. The second kappa shape index (κ2) is 4.71. The number of hydrogen-bond donors (Lipinski definition) is 1. The first-order valence-electron chi connectivity index (χ1n) is 6.53. The van der Waals surface area contributed by atoms with E-state index in [0.29, 0.717) is 0 Å². The van der Waals surface area contributed by atoms with Crippen LogP contribution in [0.2, 0.25) is 0 Å². The maximum Gasteiger partial charge on any atom is 0.0715 e. The lowest BCUT2D eigenvalue weighted by atomic mass is 9.80. The number of para-hydroxylation sites is 1. The summed E-state index contributed by atoms with van der Waals surface area (Å²) in [6.07, 6.45) is 0. The average molecular weight is 255 g/mol. The van der Waals surface area contributed by atoms with Gasteiger partial charge in [-0.3, -0.25) is 0 Å². The van der Waals surface area contributed by atoms with Crippen LogP contribution in [0, 0.1) is 23.7 Å². The van der Waals surface area contributed by atoms with Crippen molar-refractivity contribution in [2.45, 2.75) is 26.8 Å². The molecule has 19 heavy (non-hydrogen) atoms. The topological polar surface area (TPSA) is 42.8 Å². The van der Waals surface area contributed by atoms with Crippen LogP contribution in [0.1, 0.15) is 31.1 Å². The van der Waals surface area contributed by atoms with Gasteiger partial charge in [0.1, 0.15) is 0 Å². The largest absolute Gasteiger partial charge is 0.358 e. The van der Waals surface area contributed by atoms with Gasteiger partial charge in [-0.2, -0.15) is 5.26 Å². The Labute approximate surface area is 114 Å². The van der Waals surface area contributed by atoms with E-state index in [9.17, 15) is 5.26 Å². The van der Waals surface area contributed by atoms with Gasteiger partial charge in [0.05, 0.1) is 17.5 Å². The number of fused-ring (bicyclic) bond motifs is 1. The molecular weight excluding hydrogens is 234 g/mol. The molecule has 0 aliphatic heterocycles. The molecule has 0 bridgehead atoms. The van der Waals surface area contributed by atoms with E-state index >= 15 is 0 Å². The zero-order valence-electron chi connectivity index (χ0n) is 12.3. The van der Waals surface area contributed by atoms with Gasteiger partial charge in [-0.05, 0) is 46.5 Å².